The van der Waals surface area contributed by atoms with E-state index in [0.717, 1.165) is 0 Å². The first-order valence-electron chi connectivity index (χ1n) is 4.99. The molecule has 1 amide bonds. The highest BCUT2D eigenvalue weighted by molar-refractivity contribution is 6.32. The van der Waals surface area contributed by atoms with Gasteiger partial charge in [0.05, 0.1) is 11.5 Å². The van der Waals surface area contributed by atoms with E-state index in [1.54, 1.807) is 0 Å². The van der Waals surface area contributed by atoms with Crippen LogP contribution in [0.2, 0.25) is 5.02 Å². The zero-order chi connectivity index (χ0) is 13.5. The number of nitro benzene ring substituents is 1. The topological polar surface area (TPSA) is 102 Å². The Balaban J connectivity index is 2.56. The lowest BCUT2D eigenvalue weighted by molar-refractivity contribution is -0.384. The normalized spacial score (nSPS) is 9.89. The van der Waals surface area contributed by atoms with Crippen LogP contribution in [0.25, 0.3) is 0 Å². The lowest BCUT2D eigenvalue weighted by atomic mass is 10.3. The molecular weight excluding hydrogens is 264 g/mol. The van der Waals surface area contributed by atoms with Gasteiger partial charge in [-0.1, -0.05) is 11.6 Å². The number of hydrogen-bond donors (Lipinski definition) is 2. The summed E-state index contributed by atoms with van der Waals surface area (Å²) in [6.07, 6.45) is 0. The fourth-order valence-corrected chi connectivity index (χ4v) is 1.36. The summed E-state index contributed by atoms with van der Waals surface area (Å²) in [5.74, 6) is -0.150. The average molecular weight is 275 g/mol. The molecule has 0 aliphatic carbocycles. The predicted molar refractivity (Wildman–Crippen MR) is 63.7 cm³/mol. The number of rotatable bonds is 6. The van der Waals surface area contributed by atoms with E-state index in [4.69, 9.17) is 21.4 Å². The van der Waals surface area contributed by atoms with Crippen LogP contribution in [0, 0.1) is 10.1 Å². The third-order valence-electron chi connectivity index (χ3n) is 1.92. The zero-order valence-corrected chi connectivity index (χ0v) is 10.0. The Morgan fingerprint density at radius 3 is 2.83 bits per heavy atom. The second-order valence-electron chi connectivity index (χ2n) is 3.23. The highest BCUT2D eigenvalue weighted by Crippen LogP contribution is 2.28. The summed E-state index contributed by atoms with van der Waals surface area (Å²) in [5.41, 5.74) is -0.228. The minimum absolute atomic E-state index is 0.0618. The third-order valence-corrected chi connectivity index (χ3v) is 2.22. The summed E-state index contributed by atoms with van der Waals surface area (Å²) in [4.78, 5) is 21.0. The molecule has 0 heterocycles. The van der Waals surface area contributed by atoms with Gasteiger partial charge in [-0.15, -0.1) is 0 Å². The van der Waals surface area contributed by atoms with Crippen molar-refractivity contribution in [1.82, 2.24) is 5.32 Å². The van der Waals surface area contributed by atoms with Crippen LogP contribution in [0.5, 0.6) is 5.75 Å². The highest BCUT2D eigenvalue weighted by Gasteiger charge is 2.13. The monoisotopic (exact) mass is 274 g/mol. The first kappa shape index (κ1) is 14.2. The molecule has 0 fully saturated rings. The Labute approximate surface area is 107 Å². The fraction of sp³-hybridized carbons (Fsp3) is 0.300. The number of aliphatic hydroxyl groups is 1. The maximum atomic E-state index is 11.1. The van der Waals surface area contributed by atoms with Gasteiger partial charge in [0.2, 0.25) is 0 Å². The summed E-state index contributed by atoms with van der Waals surface area (Å²) in [6.45, 7) is -0.271. The highest BCUT2D eigenvalue weighted by atomic mass is 35.5. The van der Waals surface area contributed by atoms with Crippen molar-refractivity contribution >= 4 is 23.2 Å². The molecular formula is C10H11ClN2O5. The van der Waals surface area contributed by atoms with E-state index in [9.17, 15) is 14.9 Å². The van der Waals surface area contributed by atoms with Crippen molar-refractivity contribution in [3.8, 4) is 5.75 Å². The van der Waals surface area contributed by atoms with Crippen LogP contribution in [0.4, 0.5) is 5.69 Å². The summed E-state index contributed by atoms with van der Waals surface area (Å²) in [5, 5.41) is 21.3. The molecule has 18 heavy (non-hydrogen) atoms. The molecule has 0 saturated carbocycles. The van der Waals surface area contributed by atoms with Crippen molar-refractivity contribution in [1.29, 1.82) is 0 Å². The number of amides is 1. The van der Waals surface area contributed by atoms with Gasteiger partial charge in [-0.3, -0.25) is 14.9 Å². The van der Waals surface area contributed by atoms with Crippen LogP contribution in [0.1, 0.15) is 0 Å². The molecule has 7 nitrogen and oxygen atoms in total. The van der Waals surface area contributed by atoms with E-state index in [-0.39, 0.29) is 36.2 Å². The largest absolute Gasteiger partial charge is 0.484 e. The third kappa shape index (κ3) is 4.19. The molecule has 1 aromatic rings. The zero-order valence-electron chi connectivity index (χ0n) is 9.26. The number of hydrogen-bond acceptors (Lipinski definition) is 5. The molecule has 0 spiro atoms. The molecule has 0 saturated heterocycles. The van der Waals surface area contributed by atoms with Crippen molar-refractivity contribution in [2.24, 2.45) is 0 Å². The molecule has 0 bridgehead atoms. The number of carbonyl (C=O) groups is 1. The summed E-state index contributed by atoms with van der Waals surface area (Å²) in [6, 6.07) is 3.81. The number of aliphatic hydroxyl groups excluding tert-OH is 1. The van der Waals surface area contributed by atoms with Gasteiger partial charge in [0.15, 0.2) is 6.61 Å². The van der Waals surface area contributed by atoms with Gasteiger partial charge in [-0.25, -0.2) is 0 Å². The summed E-state index contributed by atoms with van der Waals surface area (Å²) < 4.78 is 5.08. The van der Waals surface area contributed by atoms with Gasteiger partial charge in [0.1, 0.15) is 10.8 Å². The first-order chi connectivity index (χ1) is 8.54. The molecule has 0 aliphatic heterocycles. The number of ether oxygens (including phenoxy) is 1. The minimum Gasteiger partial charge on any atom is -0.484 e. The Morgan fingerprint density at radius 2 is 2.28 bits per heavy atom. The molecule has 0 aromatic heterocycles. The smallest absolute Gasteiger partial charge is 0.288 e. The molecule has 98 valence electrons. The maximum absolute atomic E-state index is 11.1. The lowest BCUT2D eigenvalue weighted by Crippen LogP contribution is -2.31. The first-order valence-corrected chi connectivity index (χ1v) is 5.36. The second-order valence-corrected chi connectivity index (χ2v) is 3.64. The molecule has 1 aromatic carbocycles. The van der Waals surface area contributed by atoms with E-state index in [1.165, 1.54) is 18.2 Å². The summed E-state index contributed by atoms with van der Waals surface area (Å²) >= 11 is 5.67. The molecule has 0 aliphatic rings. The van der Waals surface area contributed by atoms with E-state index < -0.39 is 10.8 Å². The van der Waals surface area contributed by atoms with Crippen molar-refractivity contribution in [2.45, 2.75) is 0 Å². The molecule has 0 unspecified atom stereocenters. The number of nitrogens with zero attached hydrogens (tertiary/aromatic N) is 1. The molecule has 8 heteroatoms. The van der Waals surface area contributed by atoms with Gasteiger partial charge >= 0.3 is 0 Å². The maximum Gasteiger partial charge on any atom is 0.288 e. The van der Waals surface area contributed by atoms with Gasteiger partial charge in [-0.05, 0) is 6.07 Å². The quantitative estimate of drug-likeness (QED) is 0.588. The van der Waals surface area contributed by atoms with E-state index in [1.807, 2.05) is 0 Å². The lowest BCUT2D eigenvalue weighted by Gasteiger charge is -2.06. The van der Waals surface area contributed by atoms with Crippen LogP contribution < -0.4 is 10.1 Å². The van der Waals surface area contributed by atoms with Crippen molar-refractivity contribution < 1.29 is 19.6 Å². The van der Waals surface area contributed by atoms with Crippen LogP contribution >= 0.6 is 11.6 Å². The number of nitrogens with one attached hydrogen (secondary N) is 1. The SMILES string of the molecule is O=C(COc1ccc([N+](=O)[O-])c(Cl)c1)NCCO. The van der Waals surface area contributed by atoms with Crippen molar-refractivity contribution in [2.75, 3.05) is 19.8 Å². The molecule has 0 atom stereocenters. The number of carbonyl (C=O) groups excluding carboxylic acids is 1. The van der Waals surface area contributed by atoms with E-state index in [2.05, 4.69) is 5.32 Å². The van der Waals surface area contributed by atoms with Crippen LogP contribution in [-0.4, -0.2) is 35.7 Å². The molecule has 2 N–H and O–H groups in total. The van der Waals surface area contributed by atoms with Gasteiger partial charge in [0, 0.05) is 18.7 Å². The van der Waals surface area contributed by atoms with Gasteiger partial charge < -0.3 is 15.2 Å². The Morgan fingerprint density at radius 1 is 1.56 bits per heavy atom. The Bertz CT molecular complexity index is 452. The predicted octanol–water partition coefficient (Wildman–Crippen LogP) is 0.735. The minimum atomic E-state index is -0.611. The number of benzene rings is 1. The van der Waals surface area contributed by atoms with Crippen LogP contribution in [0.3, 0.4) is 0 Å². The van der Waals surface area contributed by atoms with E-state index >= 15 is 0 Å². The van der Waals surface area contributed by atoms with Crippen molar-refractivity contribution in [3.63, 3.8) is 0 Å². The van der Waals surface area contributed by atoms with Crippen molar-refractivity contribution in [3.05, 3.63) is 33.3 Å². The Kier molecular flexibility index (Phi) is 5.34. The van der Waals surface area contributed by atoms with Crippen LogP contribution in [0.15, 0.2) is 18.2 Å². The van der Waals surface area contributed by atoms with E-state index in [0.29, 0.717) is 0 Å². The average Bonchev–Trinajstić information content (AvgIpc) is 2.33. The molecule has 1 rings (SSSR count). The standard InChI is InChI=1S/C10H11ClN2O5/c11-8-5-7(1-2-9(8)13(16)17)18-6-10(15)12-3-4-14/h1-2,5,14H,3-4,6H2,(H,12,15). The molecule has 0 radical (unpaired) electrons. The summed E-state index contributed by atoms with van der Waals surface area (Å²) in [7, 11) is 0. The van der Waals surface area contributed by atoms with Gasteiger partial charge in [0.25, 0.3) is 11.6 Å². The van der Waals surface area contributed by atoms with Gasteiger partial charge in [-0.2, -0.15) is 0 Å². The fourth-order valence-electron chi connectivity index (χ4n) is 1.12. The Hall–Kier alpha value is -1.86. The van der Waals surface area contributed by atoms with Crippen LogP contribution in [-0.2, 0) is 4.79 Å². The number of halogens is 1. The number of nitro groups is 1. The second kappa shape index (κ2) is 6.77.